The van der Waals surface area contributed by atoms with Gasteiger partial charge in [0.2, 0.25) is 0 Å². The van der Waals surface area contributed by atoms with Crippen LogP contribution in [0.5, 0.6) is 0 Å². The van der Waals surface area contributed by atoms with Crippen LogP contribution in [0.1, 0.15) is 18.5 Å². The Morgan fingerprint density at radius 3 is 2.59 bits per heavy atom. The average molecular weight is 388 g/mol. The first-order chi connectivity index (χ1) is 10.5. The van der Waals surface area contributed by atoms with E-state index >= 15 is 0 Å². The molecule has 22 heavy (non-hydrogen) atoms. The molecule has 1 heterocycles. The van der Waals surface area contributed by atoms with E-state index in [4.69, 9.17) is 16.3 Å². The third kappa shape index (κ3) is 3.28. The van der Waals surface area contributed by atoms with E-state index in [2.05, 4.69) is 21.2 Å². The number of allylic oxidation sites excluding steroid dienone is 1. The lowest BCUT2D eigenvalue weighted by Crippen LogP contribution is -2.47. The van der Waals surface area contributed by atoms with Crippen LogP contribution in [0.3, 0.4) is 0 Å². The quantitative estimate of drug-likeness (QED) is 0.637. The highest BCUT2D eigenvalue weighted by Crippen LogP contribution is 2.32. The molecule has 1 aliphatic rings. The van der Waals surface area contributed by atoms with E-state index in [1.54, 1.807) is 38.2 Å². The van der Waals surface area contributed by atoms with Crippen LogP contribution < -0.4 is 5.32 Å². The third-order valence-electron chi connectivity index (χ3n) is 3.40. The van der Waals surface area contributed by atoms with Crippen molar-refractivity contribution in [3.8, 4) is 0 Å². The number of halogens is 2. The lowest BCUT2D eigenvalue weighted by Gasteiger charge is -2.34. The van der Waals surface area contributed by atoms with E-state index in [0.29, 0.717) is 21.6 Å². The number of benzene rings is 1. The second-order valence-electron chi connectivity index (χ2n) is 4.71. The van der Waals surface area contributed by atoms with Crippen molar-refractivity contribution in [3.63, 3.8) is 0 Å². The number of hydrogen-bond donors (Lipinski definition) is 1. The van der Waals surface area contributed by atoms with Crippen LogP contribution >= 0.6 is 27.5 Å². The van der Waals surface area contributed by atoms with Crippen molar-refractivity contribution in [3.05, 3.63) is 46.1 Å². The molecular formula is C15H16BrClN2O3. The topological polar surface area (TPSA) is 58.6 Å². The molecule has 1 atom stereocenters. The number of ether oxygens (including phenoxy) is 1. The summed E-state index contributed by atoms with van der Waals surface area (Å²) < 4.78 is 5.15. The van der Waals surface area contributed by atoms with E-state index in [1.807, 2.05) is 0 Å². The minimum Gasteiger partial charge on any atom is -0.463 e. The molecule has 1 aliphatic heterocycles. The van der Waals surface area contributed by atoms with Gasteiger partial charge in [0.25, 0.3) is 0 Å². The van der Waals surface area contributed by atoms with Gasteiger partial charge < -0.3 is 10.1 Å². The molecule has 0 unspecified atom stereocenters. The molecule has 0 radical (unpaired) electrons. The summed E-state index contributed by atoms with van der Waals surface area (Å²) in [6, 6.07) is 6.17. The minimum atomic E-state index is -0.562. The number of carbonyl (C=O) groups is 2. The Hall–Kier alpha value is -1.53. The number of amides is 2. The number of nitrogens with zero attached hydrogens (tertiary/aromatic N) is 1. The summed E-state index contributed by atoms with van der Waals surface area (Å²) in [4.78, 5) is 25.9. The van der Waals surface area contributed by atoms with Crippen LogP contribution in [0.25, 0.3) is 0 Å². The summed E-state index contributed by atoms with van der Waals surface area (Å²) in [5.74, 6) is -0.441. The van der Waals surface area contributed by atoms with Crippen LogP contribution in [-0.2, 0) is 9.53 Å². The molecule has 0 saturated carbocycles. The predicted molar refractivity (Wildman–Crippen MR) is 87.9 cm³/mol. The zero-order valence-electron chi connectivity index (χ0n) is 12.2. The van der Waals surface area contributed by atoms with Crippen LogP contribution in [0.4, 0.5) is 4.79 Å². The fraction of sp³-hybridized carbons (Fsp3) is 0.333. The molecular weight excluding hydrogens is 372 g/mol. The smallest absolute Gasteiger partial charge is 0.338 e. The summed E-state index contributed by atoms with van der Waals surface area (Å²) >= 11 is 9.24. The van der Waals surface area contributed by atoms with Gasteiger partial charge in [-0.1, -0.05) is 39.7 Å². The first kappa shape index (κ1) is 16.8. The first-order valence-electron chi connectivity index (χ1n) is 6.75. The molecule has 1 aromatic rings. The number of esters is 1. The van der Waals surface area contributed by atoms with Gasteiger partial charge in [0.15, 0.2) is 0 Å². The van der Waals surface area contributed by atoms with E-state index < -0.39 is 12.0 Å². The Bertz CT molecular complexity index is 616. The Kier molecular flexibility index (Phi) is 5.47. The summed E-state index contributed by atoms with van der Waals surface area (Å²) in [7, 11) is 1.61. The molecule has 0 aliphatic carbocycles. The van der Waals surface area contributed by atoms with Gasteiger partial charge >= 0.3 is 12.0 Å². The highest BCUT2D eigenvalue weighted by atomic mass is 79.9. The zero-order valence-corrected chi connectivity index (χ0v) is 14.6. The summed E-state index contributed by atoms with van der Waals surface area (Å²) in [6.45, 7) is 2.01. The molecule has 1 N–H and O–H groups in total. The average Bonchev–Trinajstić information content (AvgIpc) is 2.50. The van der Waals surface area contributed by atoms with Crippen molar-refractivity contribution in [1.29, 1.82) is 0 Å². The monoisotopic (exact) mass is 386 g/mol. The molecule has 2 amide bonds. The number of alkyl halides is 1. The zero-order chi connectivity index (χ0) is 16.3. The van der Waals surface area contributed by atoms with Crippen molar-refractivity contribution >= 4 is 39.5 Å². The molecule has 7 heteroatoms. The first-order valence-corrected chi connectivity index (χ1v) is 8.25. The second-order valence-corrected chi connectivity index (χ2v) is 5.70. The number of rotatable bonds is 4. The second kappa shape index (κ2) is 7.15. The molecule has 0 saturated heterocycles. The summed E-state index contributed by atoms with van der Waals surface area (Å²) in [5.41, 5.74) is 1.78. The van der Waals surface area contributed by atoms with Gasteiger partial charge in [0, 0.05) is 23.1 Å². The summed E-state index contributed by atoms with van der Waals surface area (Å²) in [6.07, 6.45) is 0. The van der Waals surface area contributed by atoms with Crippen molar-refractivity contribution in [2.45, 2.75) is 13.0 Å². The van der Waals surface area contributed by atoms with Crippen LogP contribution in [0.15, 0.2) is 35.5 Å². The third-order valence-corrected chi connectivity index (χ3v) is 4.19. The number of urea groups is 1. The van der Waals surface area contributed by atoms with E-state index in [1.165, 1.54) is 4.90 Å². The van der Waals surface area contributed by atoms with Crippen molar-refractivity contribution in [2.24, 2.45) is 0 Å². The molecule has 0 spiro atoms. The van der Waals surface area contributed by atoms with Crippen molar-refractivity contribution < 1.29 is 14.3 Å². The van der Waals surface area contributed by atoms with Gasteiger partial charge in [0.1, 0.15) is 0 Å². The minimum absolute atomic E-state index is 0.267. The molecule has 0 aromatic heterocycles. The van der Waals surface area contributed by atoms with Gasteiger partial charge in [-0.25, -0.2) is 9.59 Å². The van der Waals surface area contributed by atoms with Gasteiger partial charge in [-0.2, -0.15) is 0 Å². The summed E-state index contributed by atoms with van der Waals surface area (Å²) in [5, 5.41) is 3.78. The highest BCUT2D eigenvalue weighted by Gasteiger charge is 2.36. The molecule has 2 rings (SSSR count). The predicted octanol–water partition coefficient (Wildman–Crippen LogP) is 3.25. The maximum atomic E-state index is 12.4. The molecule has 0 fully saturated rings. The maximum absolute atomic E-state index is 12.4. The SMILES string of the molecule is CCOC(=O)C1=C(CBr)N(C)C(=O)N[C@H]1c1ccc(Cl)cc1. The lowest BCUT2D eigenvalue weighted by atomic mass is 9.95. The van der Waals surface area contributed by atoms with Gasteiger partial charge in [-0.15, -0.1) is 0 Å². The Labute approximate surface area is 142 Å². The van der Waals surface area contributed by atoms with E-state index in [0.717, 1.165) is 5.56 Å². The normalized spacial score (nSPS) is 18.3. The largest absolute Gasteiger partial charge is 0.463 e. The van der Waals surface area contributed by atoms with Crippen LogP contribution in [-0.4, -0.2) is 35.9 Å². The lowest BCUT2D eigenvalue weighted by molar-refractivity contribution is -0.139. The molecule has 118 valence electrons. The highest BCUT2D eigenvalue weighted by molar-refractivity contribution is 9.09. The van der Waals surface area contributed by atoms with Crippen molar-refractivity contribution in [1.82, 2.24) is 10.2 Å². The van der Waals surface area contributed by atoms with Gasteiger partial charge in [-0.3, -0.25) is 4.90 Å². The van der Waals surface area contributed by atoms with Crippen LogP contribution in [0.2, 0.25) is 5.02 Å². The Morgan fingerprint density at radius 2 is 2.05 bits per heavy atom. The van der Waals surface area contributed by atoms with E-state index in [9.17, 15) is 9.59 Å². The standard InChI is InChI=1S/C15H16BrClN2O3/c1-3-22-14(20)12-11(8-16)19(2)15(21)18-13(12)9-4-6-10(17)7-5-9/h4-7,13H,3,8H2,1-2H3,(H,18,21)/t13-/m0/s1. The fourth-order valence-corrected chi connectivity index (χ4v) is 3.08. The van der Waals surface area contributed by atoms with E-state index in [-0.39, 0.29) is 12.6 Å². The molecule has 5 nitrogen and oxygen atoms in total. The molecule has 1 aromatic carbocycles. The Balaban J connectivity index is 2.53. The van der Waals surface area contributed by atoms with Gasteiger partial charge in [0.05, 0.1) is 18.2 Å². The number of hydrogen-bond acceptors (Lipinski definition) is 3. The number of nitrogens with one attached hydrogen (secondary N) is 1. The maximum Gasteiger partial charge on any atom is 0.338 e. The number of carbonyl (C=O) groups excluding carboxylic acids is 2. The fourth-order valence-electron chi connectivity index (χ4n) is 2.27. The Morgan fingerprint density at radius 1 is 1.41 bits per heavy atom. The van der Waals surface area contributed by atoms with Crippen molar-refractivity contribution in [2.75, 3.05) is 19.0 Å². The van der Waals surface area contributed by atoms with Gasteiger partial charge in [-0.05, 0) is 24.6 Å². The molecule has 0 bridgehead atoms. The van der Waals surface area contributed by atoms with Crippen LogP contribution in [0, 0.1) is 0 Å².